The number of hydrogen-bond acceptors (Lipinski definition) is 4. The minimum absolute atomic E-state index is 0.178. The lowest BCUT2D eigenvalue weighted by atomic mass is 10.1. The van der Waals surface area contributed by atoms with E-state index in [1.807, 2.05) is 6.92 Å². The van der Waals surface area contributed by atoms with Gasteiger partial charge in [0.05, 0.1) is 10.3 Å². The molecule has 0 radical (unpaired) electrons. The molecule has 0 aliphatic rings. The zero-order valence-corrected chi connectivity index (χ0v) is 15.5. The van der Waals surface area contributed by atoms with Crippen molar-refractivity contribution in [2.75, 3.05) is 0 Å². The molecule has 0 unspecified atom stereocenters. The Bertz CT molecular complexity index is 1130. The van der Waals surface area contributed by atoms with E-state index in [0.717, 1.165) is 5.56 Å². The molecule has 0 atom stereocenters. The molecule has 0 saturated carbocycles. The standard InChI is InChI=1S/C12H10NS.C7H8O3S/c1-13-8-14-11-7-6-9-4-2-3-5-10(9)12(11)13;1-6-2-4-7(5-3-6)11(8,9)10/h2-8H,1H3;2-5H,1H3,(H,8,9,10)/q+1;/p-1. The second-order valence-corrected chi connectivity index (χ2v) is 8.00. The Morgan fingerprint density at radius 2 is 1.64 bits per heavy atom. The van der Waals surface area contributed by atoms with E-state index in [2.05, 4.69) is 53.5 Å². The van der Waals surface area contributed by atoms with Crippen molar-refractivity contribution in [3.8, 4) is 0 Å². The van der Waals surface area contributed by atoms with E-state index in [9.17, 15) is 13.0 Å². The summed E-state index contributed by atoms with van der Waals surface area (Å²) in [5.41, 5.74) is 4.42. The molecule has 6 heteroatoms. The predicted octanol–water partition coefficient (Wildman–Crippen LogP) is 3.78. The average molecular weight is 371 g/mol. The van der Waals surface area contributed by atoms with Crippen molar-refractivity contribution < 1.29 is 17.5 Å². The van der Waals surface area contributed by atoms with Gasteiger partial charge in [-0.25, -0.2) is 8.42 Å². The fraction of sp³-hybridized carbons (Fsp3) is 0.105. The van der Waals surface area contributed by atoms with Crippen LogP contribution in [0.1, 0.15) is 5.56 Å². The topological polar surface area (TPSA) is 61.1 Å². The van der Waals surface area contributed by atoms with Crippen molar-refractivity contribution in [3.05, 3.63) is 71.7 Å². The summed E-state index contributed by atoms with van der Waals surface area (Å²) in [5.74, 6) is 0. The predicted molar refractivity (Wildman–Crippen MR) is 99.6 cm³/mol. The molecule has 0 amide bonds. The summed E-state index contributed by atoms with van der Waals surface area (Å²) in [7, 11) is -2.17. The number of benzene rings is 3. The third-order valence-electron chi connectivity index (χ3n) is 3.86. The first kappa shape index (κ1) is 17.5. The van der Waals surface area contributed by atoms with Crippen LogP contribution < -0.4 is 4.57 Å². The summed E-state index contributed by atoms with van der Waals surface area (Å²) in [6.45, 7) is 1.82. The highest BCUT2D eigenvalue weighted by Crippen LogP contribution is 2.25. The number of rotatable bonds is 1. The third kappa shape index (κ3) is 3.87. The molecule has 4 rings (SSSR count). The van der Waals surface area contributed by atoms with Crippen molar-refractivity contribution in [3.63, 3.8) is 0 Å². The Hall–Kier alpha value is -2.28. The highest BCUT2D eigenvalue weighted by atomic mass is 32.2. The fourth-order valence-corrected chi connectivity index (χ4v) is 3.95. The Kier molecular flexibility index (Phi) is 4.85. The van der Waals surface area contributed by atoms with Crippen LogP contribution >= 0.6 is 11.3 Å². The lowest BCUT2D eigenvalue weighted by molar-refractivity contribution is -0.639. The van der Waals surface area contributed by atoms with E-state index >= 15 is 0 Å². The van der Waals surface area contributed by atoms with Crippen LogP contribution in [0.2, 0.25) is 0 Å². The average Bonchev–Trinajstić information content (AvgIpc) is 2.97. The van der Waals surface area contributed by atoms with Gasteiger partial charge in [-0.3, -0.25) is 0 Å². The van der Waals surface area contributed by atoms with E-state index in [1.165, 1.54) is 33.1 Å². The lowest BCUT2D eigenvalue weighted by Crippen LogP contribution is -2.24. The maximum absolute atomic E-state index is 10.4. The van der Waals surface area contributed by atoms with Crippen molar-refractivity contribution in [2.24, 2.45) is 7.05 Å². The Labute approximate surface area is 150 Å². The van der Waals surface area contributed by atoms with E-state index in [-0.39, 0.29) is 4.90 Å². The van der Waals surface area contributed by atoms with Crippen LogP contribution in [0.5, 0.6) is 0 Å². The quantitative estimate of drug-likeness (QED) is 0.378. The first-order chi connectivity index (χ1) is 11.9. The van der Waals surface area contributed by atoms with Gasteiger partial charge < -0.3 is 4.55 Å². The number of aryl methyl sites for hydroxylation is 2. The Morgan fingerprint density at radius 1 is 0.960 bits per heavy atom. The fourth-order valence-electron chi connectivity index (χ4n) is 2.59. The van der Waals surface area contributed by atoms with Gasteiger partial charge >= 0.3 is 0 Å². The van der Waals surface area contributed by atoms with Gasteiger partial charge in [0.15, 0.2) is 0 Å². The van der Waals surface area contributed by atoms with Crippen LogP contribution in [-0.4, -0.2) is 13.0 Å². The van der Waals surface area contributed by atoms with Crippen LogP contribution in [0.25, 0.3) is 21.0 Å². The molecule has 0 bridgehead atoms. The zero-order valence-electron chi connectivity index (χ0n) is 13.8. The van der Waals surface area contributed by atoms with E-state index in [0.29, 0.717) is 0 Å². The second kappa shape index (κ2) is 6.92. The van der Waals surface area contributed by atoms with Gasteiger partial charge in [-0.05, 0) is 36.6 Å². The van der Waals surface area contributed by atoms with Crippen molar-refractivity contribution in [2.45, 2.75) is 11.8 Å². The number of aromatic nitrogens is 1. The van der Waals surface area contributed by atoms with Crippen molar-refractivity contribution >= 4 is 42.4 Å². The molecule has 4 nitrogen and oxygen atoms in total. The molecule has 0 fully saturated rings. The number of nitrogens with zero attached hydrogens (tertiary/aromatic N) is 1. The summed E-state index contributed by atoms with van der Waals surface area (Å²) in [6, 6.07) is 18.7. The summed E-state index contributed by atoms with van der Waals surface area (Å²) < 4.78 is 34.7. The van der Waals surface area contributed by atoms with Crippen LogP contribution in [-0.2, 0) is 17.2 Å². The third-order valence-corrected chi connectivity index (χ3v) is 5.72. The second-order valence-electron chi connectivity index (χ2n) is 5.73. The monoisotopic (exact) mass is 371 g/mol. The van der Waals surface area contributed by atoms with Gasteiger partial charge in [0.25, 0.3) is 0 Å². The van der Waals surface area contributed by atoms with Gasteiger partial charge in [0.2, 0.25) is 11.0 Å². The summed E-state index contributed by atoms with van der Waals surface area (Å²) >= 11 is 1.79. The molecule has 0 aliphatic heterocycles. The molecular formula is C19H17NO3S2. The molecule has 1 heterocycles. The van der Waals surface area contributed by atoms with Gasteiger partial charge in [-0.1, -0.05) is 53.3 Å². The van der Waals surface area contributed by atoms with Crippen LogP contribution in [0.4, 0.5) is 0 Å². The molecular weight excluding hydrogens is 354 g/mol. The number of thiazole rings is 1. The summed E-state index contributed by atoms with van der Waals surface area (Å²) in [4.78, 5) is -0.178. The maximum Gasteiger partial charge on any atom is 0.231 e. The molecule has 128 valence electrons. The van der Waals surface area contributed by atoms with Crippen LogP contribution in [0, 0.1) is 6.92 Å². The molecule has 0 N–H and O–H groups in total. The number of hydrogen-bond donors (Lipinski definition) is 0. The van der Waals surface area contributed by atoms with E-state index in [4.69, 9.17) is 0 Å². The molecule has 1 aromatic heterocycles. The first-order valence-electron chi connectivity index (χ1n) is 7.63. The molecule has 0 aliphatic carbocycles. The first-order valence-corrected chi connectivity index (χ1v) is 9.92. The van der Waals surface area contributed by atoms with Gasteiger partial charge in [-0.15, -0.1) is 0 Å². The molecule has 0 saturated heterocycles. The van der Waals surface area contributed by atoms with Gasteiger partial charge in [-0.2, -0.15) is 4.57 Å². The lowest BCUT2D eigenvalue weighted by Gasteiger charge is -2.05. The Balaban J connectivity index is 0.000000151. The van der Waals surface area contributed by atoms with Crippen LogP contribution in [0.3, 0.4) is 0 Å². The SMILES string of the molecule is C[n+]1csc2ccc3ccccc3c21.Cc1ccc(S(=O)(=O)[O-])cc1. The van der Waals surface area contributed by atoms with Crippen molar-refractivity contribution in [1.29, 1.82) is 0 Å². The zero-order chi connectivity index (χ0) is 18.0. The minimum Gasteiger partial charge on any atom is -0.744 e. The largest absolute Gasteiger partial charge is 0.744 e. The van der Waals surface area contributed by atoms with E-state index in [1.54, 1.807) is 23.5 Å². The normalized spacial score (nSPS) is 11.3. The molecule has 0 spiro atoms. The minimum atomic E-state index is -4.27. The molecule has 25 heavy (non-hydrogen) atoms. The highest BCUT2D eigenvalue weighted by Gasteiger charge is 2.10. The van der Waals surface area contributed by atoms with E-state index < -0.39 is 10.1 Å². The summed E-state index contributed by atoms with van der Waals surface area (Å²) in [6.07, 6.45) is 0. The van der Waals surface area contributed by atoms with Crippen molar-refractivity contribution in [1.82, 2.24) is 0 Å². The number of fused-ring (bicyclic) bond motifs is 3. The maximum atomic E-state index is 10.4. The highest BCUT2D eigenvalue weighted by molar-refractivity contribution is 7.85. The van der Waals surface area contributed by atoms with Crippen LogP contribution in [0.15, 0.2) is 71.1 Å². The smallest absolute Gasteiger partial charge is 0.231 e. The van der Waals surface area contributed by atoms with Gasteiger partial charge in [0.1, 0.15) is 21.9 Å². The summed E-state index contributed by atoms with van der Waals surface area (Å²) in [5, 5.41) is 2.66. The Morgan fingerprint density at radius 3 is 2.32 bits per heavy atom. The van der Waals surface area contributed by atoms with Gasteiger partial charge in [0, 0.05) is 0 Å². The molecule has 4 aromatic rings. The molecule has 3 aromatic carbocycles.